The van der Waals surface area contributed by atoms with Crippen molar-refractivity contribution >= 4 is 22.6 Å². The maximum Gasteiger partial charge on any atom is 0.240 e. The van der Waals surface area contributed by atoms with E-state index in [1.807, 2.05) is 16.4 Å². The summed E-state index contributed by atoms with van der Waals surface area (Å²) in [4.78, 5) is 30.4. The Bertz CT molecular complexity index is 809. The summed E-state index contributed by atoms with van der Waals surface area (Å²) < 4.78 is 13.3. The van der Waals surface area contributed by atoms with Crippen LogP contribution in [0.25, 0.3) is 0 Å². The Hall–Kier alpha value is -1.65. The van der Waals surface area contributed by atoms with E-state index in [2.05, 4.69) is 36.2 Å². The molecule has 1 aromatic rings. The van der Waals surface area contributed by atoms with Gasteiger partial charge in [-0.2, -0.15) is 4.31 Å². The third-order valence-electron chi connectivity index (χ3n) is 6.61. The van der Waals surface area contributed by atoms with Crippen LogP contribution in [0.5, 0.6) is 0 Å². The maximum absolute atomic E-state index is 13.3. The number of carbonyl (C=O) groups is 2. The average Bonchev–Trinajstić information content (AvgIpc) is 3.61. The predicted octanol–water partition coefficient (Wildman–Crippen LogP) is 2.82. The molecule has 32 heavy (non-hydrogen) atoms. The number of hydrogen-bond donors (Lipinski definition) is 1. The van der Waals surface area contributed by atoms with Gasteiger partial charge in [-0.05, 0) is 60.3 Å². The second-order valence-electron chi connectivity index (χ2n) is 9.15. The van der Waals surface area contributed by atoms with E-state index >= 15 is 0 Å². The van der Waals surface area contributed by atoms with E-state index in [1.165, 1.54) is 24.8 Å². The minimum atomic E-state index is -2.12. The van der Waals surface area contributed by atoms with E-state index in [0.717, 1.165) is 24.5 Å². The van der Waals surface area contributed by atoms with Crippen LogP contribution >= 0.6 is 10.8 Å². The summed E-state index contributed by atoms with van der Waals surface area (Å²) >= 11 is 0. The molecule has 1 aromatic carbocycles. The van der Waals surface area contributed by atoms with Crippen molar-refractivity contribution in [3.63, 3.8) is 0 Å². The molecule has 3 aliphatic rings. The first kappa shape index (κ1) is 23.5. The van der Waals surface area contributed by atoms with Crippen molar-refractivity contribution in [1.29, 1.82) is 0 Å². The van der Waals surface area contributed by atoms with Crippen molar-refractivity contribution in [2.75, 3.05) is 45.8 Å². The highest BCUT2D eigenvalue weighted by atomic mass is 32.3. The molecule has 0 aromatic heterocycles. The SMILES string of the molecule is CC(=O)N1CCN(S2(c3ccc(C(C)C)cc3)OO2)[C@@H](C(=O)NCCN2CCCCC2)C1. The molecule has 2 amide bonds. The van der Waals surface area contributed by atoms with Gasteiger partial charge in [0.2, 0.25) is 11.8 Å². The summed E-state index contributed by atoms with van der Waals surface area (Å²) in [5.41, 5.74) is 1.25. The van der Waals surface area contributed by atoms with Gasteiger partial charge in [0.05, 0.1) is 4.90 Å². The zero-order chi connectivity index (χ0) is 22.7. The molecule has 0 aliphatic carbocycles. The second-order valence-corrected chi connectivity index (χ2v) is 11.3. The number of piperazine rings is 1. The van der Waals surface area contributed by atoms with Crippen LogP contribution in [0, 0.1) is 0 Å². The van der Waals surface area contributed by atoms with Crippen molar-refractivity contribution < 1.29 is 18.3 Å². The van der Waals surface area contributed by atoms with E-state index < -0.39 is 16.8 Å². The van der Waals surface area contributed by atoms with Gasteiger partial charge < -0.3 is 15.1 Å². The first-order valence-corrected chi connectivity index (χ1v) is 13.2. The number of carbonyl (C=O) groups excluding carboxylic acids is 2. The van der Waals surface area contributed by atoms with Crippen LogP contribution in [0.1, 0.15) is 51.5 Å². The predicted molar refractivity (Wildman–Crippen MR) is 125 cm³/mol. The molecule has 1 N–H and O–H groups in total. The van der Waals surface area contributed by atoms with Gasteiger partial charge in [0.15, 0.2) is 0 Å². The Morgan fingerprint density at radius 2 is 1.75 bits per heavy atom. The van der Waals surface area contributed by atoms with Gasteiger partial charge in [0, 0.05) is 39.6 Å². The van der Waals surface area contributed by atoms with E-state index in [4.69, 9.17) is 8.67 Å². The summed E-state index contributed by atoms with van der Waals surface area (Å²) in [5, 5.41) is 3.11. The van der Waals surface area contributed by atoms with Crippen LogP contribution < -0.4 is 5.32 Å². The first-order chi connectivity index (χ1) is 15.4. The lowest BCUT2D eigenvalue weighted by molar-refractivity contribution is -0.134. The van der Waals surface area contributed by atoms with Crippen molar-refractivity contribution in [2.45, 2.75) is 56.9 Å². The lowest BCUT2D eigenvalue weighted by Crippen LogP contribution is -2.59. The first-order valence-electron chi connectivity index (χ1n) is 11.7. The summed E-state index contributed by atoms with van der Waals surface area (Å²) in [6.07, 6.45) is 3.76. The Balaban J connectivity index is 1.46. The van der Waals surface area contributed by atoms with Crippen LogP contribution in [0.2, 0.25) is 0 Å². The van der Waals surface area contributed by atoms with Crippen molar-refractivity contribution in [3.8, 4) is 0 Å². The fourth-order valence-electron chi connectivity index (χ4n) is 4.53. The lowest BCUT2D eigenvalue weighted by atomic mass is 10.0. The molecule has 3 fully saturated rings. The number of amides is 2. The number of likely N-dealkylation sites (tertiary alicyclic amines) is 1. The molecule has 0 bridgehead atoms. The fourth-order valence-corrected chi connectivity index (χ4v) is 6.63. The standard InChI is InChI=1S/C23H36N4O4S/c1-18(2)20-7-9-21(10-8-20)32(30-31-32)27-16-15-26(19(3)28)17-22(27)23(29)24-11-14-25-12-5-4-6-13-25/h7-10,18,22H,4-6,11-17H2,1-3H3,(H,24,29)/t22-/m1/s1. The molecule has 0 spiro atoms. The van der Waals surface area contributed by atoms with Crippen LogP contribution in [0.3, 0.4) is 0 Å². The molecule has 0 radical (unpaired) electrons. The minimum Gasteiger partial charge on any atom is -0.353 e. The third-order valence-corrected chi connectivity index (χ3v) is 8.92. The number of rotatable bonds is 7. The van der Waals surface area contributed by atoms with Crippen LogP contribution in [-0.2, 0) is 18.3 Å². The van der Waals surface area contributed by atoms with Crippen LogP contribution in [0.15, 0.2) is 29.2 Å². The Labute approximate surface area is 193 Å². The largest absolute Gasteiger partial charge is 0.353 e. The number of nitrogens with one attached hydrogen (secondary N) is 1. The minimum absolute atomic E-state index is 0.0151. The maximum atomic E-state index is 13.3. The molecular weight excluding hydrogens is 428 g/mol. The van der Waals surface area contributed by atoms with Crippen LogP contribution in [-0.4, -0.2) is 77.8 Å². The number of benzene rings is 1. The molecular formula is C23H36N4O4S. The third kappa shape index (κ3) is 5.12. The number of piperidine rings is 1. The second kappa shape index (κ2) is 10.1. The van der Waals surface area contributed by atoms with Gasteiger partial charge in [0.25, 0.3) is 0 Å². The Morgan fingerprint density at radius 3 is 2.34 bits per heavy atom. The Morgan fingerprint density at radius 1 is 1.06 bits per heavy atom. The van der Waals surface area contributed by atoms with Gasteiger partial charge in [0.1, 0.15) is 6.04 Å². The van der Waals surface area contributed by atoms with Gasteiger partial charge in [-0.25, -0.2) is 0 Å². The Kier molecular flexibility index (Phi) is 7.41. The van der Waals surface area contributed by atoms with Gasteiger partial charge in [-0.15, -0.1) is 0 Å². The molecule has 3 aliphatic heterocycles. The average molecular weight is 465 g/mol. The summed E-state index contributed by atoms with van der Waals surface area (Å²) in [6.45, 7) is 11.0. The van der Waals surface area contributed by atoms with E-state index in [-0.39, 0.29) is 11.8 Å². The summed E-state index contributed by atoms with van der Waals surface area (Å²) in [7, 11) is -2.12. The normalized spacial score (nSPS) is 24.9. The van der Waals surface area contributed by atoms with E-state index in [0.29, 0.717) is 32.1 Å². The number of nitrogens with zero attached hydrogens (tertiary/aromatic N) is 3. The van der Waals surface area contributed by atoms with Gasteiger partial charge in [-0.3, -0.25) is 9.59 Å². The van der Waals surface area contributed by atoms with Crippen molar-refractivity contribution in [3.05, 3.63) is 29.8 Å². The molecule has 1 atom stereocenters. The molecule has 8 nitrogen and oxygen atoms in total. The van der Waals surface area contributed by atoms with Crippen LogP contribution in [0.4, 0.5) is 0 Å². The summed E-state index contributed by atoms with van der Waals surface area (Å²) in [6, 6.07) is 7.77. The summed E-state index contributed by atoms with van der Waals surface area (Å²) in [5.74, 6) is 0.352. The topological polar surface area (TPSA) is 81.0 Å². The molecule has 0 unspecified atom stereocenters. The monoisotopic (exact) mass is 464 g/mol. The number of hydrogen-bond acceptors (Lipinski definition) is 6. The lowest BCUT2D eigenvalue weighted by Gasteiger charge is -2.43. The highest BCUT2D eigenvalue weighted by molar-refractivity contribution is 8.27. The van der Waals surface area contributed by atoms with Crippen molar-refractivity contribution in [2.24, 2.45) is 0 Å². The molecule has 0 saturated carbocycles. The van der Waals surface area contributed by atoms with E-state index in [1.54, 1.807) is 11.8 Å². The molecule has 4 rings (SSSR count). The van der Waals surface area contributed by atoms with Crippen molar-refractivity contribution in [1.82, 2.24) is 19.4 Å². The quantitative estimate of drug-likeness (QED) is 0.494. The van der Waals surface area contributed by atoms with Gasteiger partial charge in [-0.1, -0.05) is 41.1 Å². The zero-order valence-corrected chi connectivity index (χ0v) is 20.2. The molecule has 3 saturated heterocycles. The van der Waals surface area contributed by atoms with E-state index in [9.17, 15) is 9.59 Å². The highest BCUT2D eigenvalue weighted by Crippen LogP contribution is 2.74. The smallest absolute Gasteiger partial charge is 0.240 e. The van der Waals surface area contributed by atoms with Gasteiger partial charge >= 0.3 is 0 Å². The molecule has 3 heterocycles. The fraction of sp³-hybridized carbons (Fsp3) is 0.652. The molecule has 9 heteroatoms. The highest BCUT2D eigenvalue weighted by Gasteiger charge is 2.53. The molecule has 178 valence electrons. The zero-order valence-electron chi connectivity index (χ0n) is 19.4.